The Morgan fingerprint density at radius 3 is 2.55 bits per heavy atom. The van der Waals surface area contributed by atoms with Crippen molar-refractivity contribution in [2.24, 2.45) is 5.73 Å². The number of primary amides is 1. The molecule has 0 bridgehead atoms. The monoisotopic (exact) mass is 296 g/mol. The van der Waals surface area contributed by atoms with Gasteiger partial charge >= 0.3 is 5.97 Å². The summed E-state index contributed by atoms with van der Waals surface area (Å²) in [4.78, 5) is 34.8. The molecule has 0 saturated heterocycles. The summed E-state index contributed by atoms with van der Waals surface area (Å²) in [6.45, 7) is -0.980. The average Bonchev–Trinajstić information content (AvgIpc) is 2.37. The highest BCUT2D eigenvalue weighted by Crippen LogP contribution is 2.13. The van der Waals surface area contributed by atoms with Crippen molar-refractivity contribution in [3.05, 3.63) is 35.4 Å². The van der Waals surface area contributed by atoms with Crippen molar-refractivity contribution < 1.29 is 19.5 Å². The summed E-state index contributed by atoms with van der Waals surface area (Å²) in [6, 6.07) is 6.88. The highest BCUT2D eigenvalue weighted by atomic mass is 32.2. The molecule has 0 atom stereocenters. The molecule has 1 aromatic carbocycles. The highest BCUT2D eigenvalue weighted by Gasteiger charge is 2.20. The Hall–Kier alpha value is -2.02. The number of hydrogen-bond donors (Lipinski definition) is 2. The third kappa shape index (κ3) is 4.93. The number of carboxylic acids is 1. The standard InChI is InChI=1S/C13H16N2O4S/c1-20-8-9-3-2-4-10(5-9)13(19)15(6-11(14)16)7-12(17)18/h2-5H,6-8H2,1H3,(H2,14,16)(H,17,18). The van der Waals surface area contributed by atoms with Gasteiger partial charge in [0.15, 0.2) is 0 Å². The maximum absolute atomic E-state index is 12.2. The molecule has 0 aliphatic carbocycles. The van der Waals surface area contributed by atoms with Crippen molar-refractivity contribution in [2.45, 2.75) is 5.75 Å². The molecule has 1 rings (SSSR count). The van der Waals surface area contributed by atoms with Gasteiger partial charge in [-0.3, -0.25) is 14.4 Å². The third-order valence-corrected chi connectivity index (χ3v) is 3.07. The lowest BCUT2D eigenvalue weighted by Gasteiger charge is -2.19. The molecule has 6 nitrogen and oxygen atoms in total. The lowest BCUT2D eigenvalue weighted by atomic mass is 10.1. The smallest absolute Gasteiger partial charge is 0.323 e. The molecule has 20 heavy (non-hydrogen) atoms. The second-order valence-corrected chi connectivity index (χ2v) is 5.02. The van der Waals surface area contributed by atoms with E-state index in [1.165, 1.54) is 0 Å². The van der Waals surface area contributed by atoms with E-state index in [4.69, 9.17) is 10.8 Å². The molecule has 0 radical (unpaired) electrons. The largest absolute Gasteiger partial charge is 0.480 e. The molecule has 0 spiro atoms. The molecule has 0 aromatic heterocycles. The summed E-state index contributed by atoms with van der Waals surface area (Å²) in [5.41, 5.74) is 6.34. The first-order valence-electron chi connectivity index (χ1n) is 5.81. The van der Waals surface area contributed by atoms with E-state index < -0.39 is 30.9 Å². The molecule has 0 saturated carbocycles. The average molecular weight is 296 g/mol. The summed E-state index contributed by atoms with van der Waals surface area (Å²) >= 11 is 1.61. The first kappa shape index (κ1) is 16.0. The lowest BCUT2D eigenvalue weighted by Crippen LogP contribution is -2.41. The zero-order chi connectivity index (χ0) is 15.1. The number of carbonyl (C=O) groups is 3. The van der Waals surface area contributed by atoms with Gasteiger partial charge in [0.25, 0.3) is 5.91 Å². The highest BCUT2D eigenvalue weighted by molar-refractivity contribution is 7.97. The predicted octanol–water partition coefficient (Wildman–Crippen LogP) is 0.562. The van der Waals surface area contributed by atoms with Gasteiger partial charge in [0.2, 0.25) is 5.91 Å². The Balaban J connectivity index is 2.95. The van der Waals surface area contributed by atoms with Crippen LogP contribution in [-0.4, -0.2) is 47.1 Å². The second-order valence-electron chi connectivity index (χ2n) is 4.15. The molecule has 0 unspecified atom stereocenters. The van der Waals surface area contributed by atoms with Crippen LogP contribution in [0.25, 0.3) is 0 Å². The Bertz CT molecular complexity index is 503. The Kier molecular flexibility index (Phi) is 6.05. The normalized spacial score (nSPS) is 10.1. The molecule has 0 heterocycles. The number of nitrogens with two attached hydrogens (primary N) is 1. The fourth-order valence-corrected chi connectivity index (χ4v) is 2.21. The number of hydrogen-bond acceptors (Lipinski definition) is 4. The van der Waals surface area contributed by atoms with Crippen molar-refractivity contribution in [3.8, 4) is 0 Å². The van der Waals surface area contributed by atoms with Crippen LogP contribution in [0.1, 0.15) is 15.9 Å². The topological polar surface area (TPSA) is 101 Å². The Labute approximate surface area is 120 Å². The van der Waals surface area contributed by atoms with Crippen LogP contribution in [0.15, 0.2) is 24.3 Å². The first-order chi connectivity index (χ1) is 9.43. The minimum atomic E-state index is -1.19. The number of thioether (sulfide) groups is 1. The van der Waals surface area contributed by atoms with E-state index in [0.29, 0.717) is 5.56 Å². The molecule has 0 aliphatic rings. The minimum Gasteiger partial charge on any atom is -0.480 e. The number of benzene rings is 1. The fourth-order valence-electron chi connectivity index (χ4n) is 1.69. The summed E-state index contributed by atoms with van der Waals surface area (Å²) in [6.07, 6.45) is 1.94. The van der Waals surface area contributed by atoms with E-state index in [2.05, 4.69) is 0 Å². The zero-order valence-electron chi connectivity index (χ0n) is 11.0. The van der Waals surface area contributed by atoms with Crippen LogP contribution in [0.2, 0.25) is 0 Å². The number of amides is 2. The van der Waals surface area contributed by atoms with E-state index >= 15 is 0 Å². The first-order valence-corrected chi connectivity index (χ1v) is 7.20. The fraction of sp³-hybridized carbons (Fsp3) is 0.308. The number of carboxylic acid groups (broad SMARTS) is 1. The van der Waals surface area contributed by atoms with Crippen LogP contribution in [-0.2, 0) is 15.3 Å². The van der Waals surface area contributed by atoms with Crippen LogP contribution in [0.4, 0.5) is 0 Å². The van der Waals surface area contributed by atoms with Crippen molar-refractivity contribution >= 4 is 29.5 Å². The van der Waals surface area contributed by atoms with Crippen molar-refractivity contribution in [3.63, 3.8) is 0 Å². The number of rotatable bonds is 7. The number of aliphatic carboxylic acids is 1. The van der Waals surface area contributed by atoms with Crippen molar-refractivity contribution in [1.82, 2.24) is 4.90 Å². The van der Waals surface area contributed by atoms with E-state index in [1.807, 2.05) is 12.3 Å². The molecular formula is C13H16N2O4S. The zero-order valence-corrected chi connectivity index (χ0v) is 11.9. The molecule has 3 N–H and O–H groups in total. The molecule has 2 amide bonds. The van der Waals surface area contributed by atoms with Gasteiger partial charge < -0.3 is 15.7 Å². The SMILES string of the molecule is CSCc1cccc(C(=O)N(CC(N)=O)CC(=O)O)c1. The van der Waals surface area contributed by atoms with Crippen molar-refractivity contribution in [1.29, 1.82) is 0 Å². The van der Waals surface area contributed by atoms with Crippen LogP contribution in [0.3, 0.4) is 0 Å². The van der Waals surface area contributed by atoms with E-state index in [-0.39, 0.29) is 0 Å². The van der Waals surface area contributed by atoms with Gasteiger partial charge in [0.1, 0.15) is 13.1 Å². The van der Waals surface area contributed by atoms with Crippen LogP contribution >= 0.6 is 11.8 Å². The minimum absolute atomic E-state index is 0.346. The van der Waals surface area contributed by atoms with E-state index in [9.17, 15) is 14.4 Å². The van der Waals surface area contributed by atoms with Crippen molar-refractivity contribution in [2.75, 3.05) is 19.3 Å². The van der Waals surface area contributed by atoms with Gasteiger partial charge in [-0.15, -0.1) is 0 Å². The van der Waals surface area contributed by atoms with Gasteiger partial charge in [-0.05, 0) is 24.0 Å². The molecule has 7 heteroatoms. The summed E-state index contributed by atoms with van der Waals surface area (Å²) in [7, 11) is 0. The van der Waals surface area contributed by atoms with Crippen LogP contribution in [0, 0.1) is 0 Å². The molecule has 0 fully saturated rings. The quantitative estimate of drug-likeness (QED) is 0.765. The maximum Gasteiger partial charge on any atom is 0.323 e. The van der Waals surface area contributed by atoms with Gasteiger partial charge in [0, 0.05) is 11.3 Å². The summed E-state index contributed by atoms with van der Waals surface area (Å²) in [5, 5.41) is 8.78. The summed E-state index contributed by atoms with van der Waals surface area (Å²) < 4.78 is 0. The van der Waals surface area contributed by atoms with Crippen LogP contribution < -0.4 is 5.73 Å². The van der Waals surface area contributed by atoms with Gasteiger partial charge in [-0.2, -0.15) is 11.8 Å². The van der Waals surface area contributed by atoms with Gasteiger partial charge in [-0.25, -0.2) is 0 Å². The van der Waals surface area contributed by atoms with E-state index in [1.54, 1.807) is 30.0 Å². The predicted molar refractivity (Wildman–Crippen MR) is 76.4 cm³/mol. The number of carbonyl (C=O) groups excluding carboxylic acids is 2. The van der Waals surface area contributed by atoms with Gasteiger partial charge in [0.05, 0.1) is 0 Å². The Morgan fingerprint density at radius 2 is 2.00 bits per heavy atom. The second kappa shape index (κ2) is 7.54. The molecule has 0 aliphatic heterocycles. The summed E-state index contributed by atoms with van der Waals surface area (Å²) in [5.74, 6) is -1.72. The molecule has 108 valence electrons. The maximum atomic E-state index is 12.2. The molecular weight excluding hydrogens is 280 g/mol. The Morgan fingerprint density at radius 1 is 1.30 bits per heavy atom. The third-order valence-electron chi connectivity index (χ3n) is 2.44. The molecule has 1 aromatic rings. The lowest BCUT2D eigenvalue weighted by molar-refractivity contribution is -0.138. The van der Waals surface area contributed by atoms with E-state index in [0.717, 1.165) is 16.2 Å². The van der Waals surface area contributed by atoms with Gasteiger partial charge in [-0.1, -0.05) is 12.1 Å². The number of nitrogens with zero attached hydrogens (tertiary/aromatic N) is 1. The van der Waals surface area contributed by atoms with Crippen LogP contribution in [0.5, 0.6) is 0 Å².